The molecule has 1 heterocycles. The number of rotatable bonds is 1. The van der Waals surface area contributed by atoms with E-state index in [1.807, 2.05) is 4.98 Å². The van der Waals surface area contributed by atoms with E-state index < -0.39 is 17.5 Å². The Bertz CT molecular complexity index is 325. The lowest BCUT2D eigenvalue weighted by Crippen LogP contribution is -1.96. The van der Waals surface area contributed by atoms with E-state index in [1.165, 1.54) is 0 Å². The first-order chi connectivity index (χ1) is 5.25. The van der Waals surface area contributed by atoms with E-state index in [0.29, 0.717) is 0 Å². The fourth-order valence-electron chi connectivity index (χ4n) is 0.516. The van der Waals surface area contributed by atoms with Crippen LogP contribution < -0.4 is 0 Å². The van der Waals surface area contributed by atoms with Crippen molar-refractivity contribution >= 4 is 5.91 Å². The normalized spacial score (nSPS) is 8.82. The second kappa shape index (κ2) is 2.80. The summed E-state index contributed by atoms with van der Waals surface area (Å²) < 4.78 is 12.4. The van der Waals surface area contributed by atoms with E-state index in [9.17, 15) is 9.18 Å². The van der Waals surface area contributed by atoms with Crippen LogP contribution in [-0.2, 0) is 0 Å². The maximum absolute atomic E-state index is 12.4. The van der Waals surface area contributed by atoms with Gasteiger partial charge in [-0.15, -0.1) is 0 Å². The average molecular weight is 155 g/mol. The largest absolute Gasteiger partial charge is 0.321 e. The lowest BCUT2D eigenvalue weighted by atomic mass is 10.4. The molecule has 0 saturated heterocycles. The number of amides is 1. The topological polar surface area (TPSA) is 94.5 Å². The number of carbonyl (C=O) groups excluding carboxylic acids is 1. The van der Waals surface area contributed by atoms with Gasteiger partial charge in [0.2, 0.25) is 5.95 Å². The molecule has 6 nitrogen and oxygen atoms in total. The molecule has 56 valence electrons. The van der Waals surface area contributed by atoms with Crippen molar-refractivity contribution < 1.29 is 9.18 Å². The average Bonchev–Trinajstić information content (AvgIpc) is 2.36. The first-order valence-electron chi connectivity index (χ1n) is 2.54. The van der Waals surface area contributed by atoms with Crippen LogP contribution >= 0.6 is 0 Å². The van der Waals surface area contributed by atoms with Crippen LogP contribution in [0.5, 0.6) is 0 Å². The van der Waals surface area contributed by atoms with E-state index in [-0.39, 0.29) is 0 Å². The van der Waals surface area contributed by atoms with Crippen molar-refractivity contribution in [3.63, 3.8) is 0 Å². The molecular weight excluding hydrogens is 153 g/mol. The minimum Gasteiger partial charge on any atom is -0.321 e. The van der Waals surface area contributed by atoms with Crippen molar-refractivity contribution in [1.82, 2.24) is 9.97 Å². The van der Waals surface area contributed by atoms with Crippen LogP contribution in [0.1, 0.15) is 10.5 Å². The summed E-state index contributed by atoms with van der Waals surface area (Å²) in [4.78, 5) is 18.1. The molecule has 0 aliphatic heterocycles. The number of carbonyl (C=O) groups is 1. The first kappa shape index (κ1) is 7.23. The van der Waals surface area contributed by atoms with Crippen LogP contribution in [0.15, 0.2) is 11.4 Å². The Morgan fingerprint density at radius 3 is 3.09 bits per heavy atom. The molecular formula is C4H2FN5O. The predicted molar refractivity (Wildman–Crippen MR) is 32.0 cm³/mol. The molecule has 0 fully saturated rings. The van der Waals surface area contributed by atoms with Crippen molar-refractivity contribution in [2.75, 3.05) is 0 Å². The molecule has 0 unspecified atom stereocenters. The van der Waals surface area contributed by atoms with Gasteiger partial charge in [0, 0.05) is 4.91 Å². The molecule has 0 bridgehead atoms. The highest BCUT2D eigenvalue weighted by Gasteiger charge is 2.11. The van der Waals surface area contributed by atoms with Crippen molar-refractivity contribution in [2.24, 2.45) is 5.11 Å². The maximum atomic E-state index is 12.4. The Labute approximate surface area is 59.7 Å². The predicted octanol–water partition coefficient (Wildman–Crippen LogP) is 0.999. The zero-order chi connectivity index (χ0) is 8.27. The number of nitrogens with one attached hydrogen (secondary N) is 1. The number of aromatic amines is 1. The number of halogens is 1. The lowest BCUT2D eigenvalue weighted by Gasteiger charge is -1.83. The highest BCUT2D eigenvalue weighted by Crippen LogP contribution is 2.01. The summed E-state index contributed by atoms with van der Waals surface area (Å²) in [5.74, 6) is -1.94. The molecule has 7 heteroatoms. The van der Waals surface area contributed by atoms with Gasteiger partial charge in [-0.3, -0.25) is 4.79 Å². The summed E-state index contributed by atoms with van der Waals surface area (Å²) in [5, 5.41) is 2.65. The number of H-pyrrole nitrogens is 1. The second-order valence-corrected chi connectivity index (χ2v) is 1.56. The van der Waals surface area contributed by atoms with Crippen LogP contribution in [0.4, 0.5) is 4.39 Å². The monoisotopic (exact) mass is 155 g/mol. The number of hydrogen-bond acceptors (Lipinski definition) is 2. The van der Waals surface area contributed by atoms with E-state index in [4.69, 9.17) is 5.53 Å². The van der Waals surface area contributed by atoms with Gasteiger partial charge in [-0.1, -0.05) is 0 Å². The van der Waals surface area contributed by atoms with Crippen molar-refractivity contribution in [3.8, 4) is 0 Å². The molecule has 1 rings (SSSR count). The molecule has 1 aromatic rings. The van der Waals surface area contributed by atoms with Gasteiger partial charge >= 0.3 is 0 Å². The second-order valence-electron chi connectivity index (χ2n) is 1.56. The Hall–Kier alpha value is -1.88. The van der Waals surface area contributed by atoms with Crippen LogP contribution in [0, 0.1) is 5.95 Å². The molecule has 0 spiro atoms. The van der Waals surface area contributed by atoms with Gasteiger partial charge in [0.25, 0.3) is 5.91 Å². The van der Waals surface area contributed by atoms with E-state index in [2.05, 4.69) is 15.0 Å². The van der Waals surface area contributed by atoms with Crippen LogP contribution in [0.2, 0.25) is 0 Å². The molecule has 0 atom stereocenters. The quantitative estimate of drug-likeness (QED) is 0.372. The van der Waals surface area contributed by atoms with Gasteiger partial charge in [0.1, 0.15) is 0 Å². The maximum Gasteiger partial charge on any atom is 0.272 e. The van der Waals surface area contributed by atoms with Crippen molar-refractivity contribution in [3.05, 3.63) is 28.4 Å². The third kappa shape index (κ3) is 1.33. The molecule has 1 amide bonds. The SMILES string of the molecule is [N-]=[N+]=NC(=O)c1nc[nH]c1F. The Balaban J connectivity index is 3.02. The highest BCUT2D eigenvalue weighted by molar-refractivity contribution is 5.92. The molecule has 0 saturated carbocycles. The van der Waals surface area contributed by atoms with Crippen molar-refractivity contribution in [2.45, 2.75) is 0 Å². The Morgan fingerprint density at radius 1 is 1.91 bits per heavy atom. The Kier molecular flexibility index (Phi) is 1.84. The fraction of sp³-hybridized carbons (Fsp3) is 0. The number of imidazole rings is 1. The van der Waals surface area contributed by atoms with Gasteiger partial charge < -0.3 is 4.98 Å². The summed E-state index contributed by atoms with van der Waals surface area (Å²) in [6.45, 7) is 0. The zero-order valence-electron chi connectivity index (χ0n) is 5.15. The van der Waals surface area contributed by atoms with Crippen LogP contribution in [0.25, 0.3) is 10.4 Å². The molecule has 0 aliphatic rings. The minimum absolute atomic E-state index is 0.497. The molecule has 1 aromatic heterocycles. The van der Waals surface area contributed by atoms with E-state index in [0.717, 1.165) is 6.33 Å². The summed E-state index contributed by atoms with van der Waals surface area (Å²) in [6.07, 6.45) is 0.995. The highest BCUT2D eigenvalue weighted by atomic mass is 19.1. The number of nitrogens with zero attached hydrogens (tertiary/aromatic N) is 4. The number of hydrogen-bond donors (Lipinski definition) is 1. The summed E-state index contributed by atoms with van der Waals surface area (Å²) >= 11 is 0. The first-order valence-corrected chi connectivity index (χ1v) is 2.54. The smallest absolute Gasteiger partial charge is 0.272 e. The molecule has 11 heavy (non-hydrogen) atoms. The molecule has 0 radical (unpaired) electrons. The van der Waals surface area contributed by atoms with E-state index >= 15 is 0 Å². The summed E-state index contributed by atoms with van der Waals surface area (Å²) in [5.41, 5.74) is 7.31. The van der Waals surface area contributed by atoms with Gasteiger partial charge in [-0.25, -0.2) is 4.98 Å². The number of azide groups is 1. The fourth-order valence-corrected chi connectivity index (χ4v) is 0.516. The third-order valence-corrected chi connectivity index (χ3v) is 0.931. The molecule has 1 N–H and O–H groups in total. The standard InChI is InChI=1S/C4H2FN5O/c5-3-2(7-1-8-3)4(11)9-10-6/h1H,(H,7,8). The van der Waals surface area contributed by atoms with Crippen LogP contribution in [-0.4, -0.2) is 15.9 Å². The van der Waals surface area contributed by atoms with Crippen molar-refractivity contribution in [1.29, 1.82) is 0 Å². The number of aromatic nitrogens is 2. The summed E-state index contributed by atoms with van der Waals surface area (Å²) in [6, 6.07) is 0. The van der Waals surface area contributed by atoms with Crippen LogP contribution in [0.3, 0.4) is 0 Å². The third-order valence-electron chi connectivity index (χ3n) is 0.931. The molecule has 0 aliphatic carbocycles. The van der Waals surface area contributed by atoms with E-state index in [1.54, 1.807) is 0 Å². The lowest BCUT2D eigenvalue weighted by molar-refractivity contribution is 0.0992. The minimum atomic E-state index is -1.04. The Morgan fingerprint density at radius 2 is 2.64 bits per heavy atom. The van der Waals surface area contributed by atoms with Gasteiger partial charge in [-0.05, 0) is 10.6 Å². The van der Waals surface area contributed by atoms with Gasteiger partial charge in [0.15, 0.2) is 5.69 Å². The van der Waals surface area contributed by atoms with Gasteiger partial charge in [0.05, 0.1) is 6.33 Å². The molecule has 0 aromatic carbocycles. The summed E-state index contributed by atoms with van der Waals surface area (Å²) in [7, 11) is 0. The van der Waals surface area contributed by atoms with Gasteiger partial charge in [-0.2, -0.15) is 4.39 Å². The zero-order valence-corrected chi connectivity index (χ0v) is 5.15.